The summed E-state index contributed by atoms with van der Waals surface area (Å²) in [4.78, 5) is 14.3. The monoisotopic (exact) mass is 396 g/mol. The molecule has 1 amide bonds. The van der Waals surface area contributed by atoms with Gasteiger partial charge >= 0.3 is 0 Å². The van der Waals surface area contributed by atoms with Crippen LogP contribution in [0.25, 0.3) is 0 Å². The van der Waals surface area contributed by atoms with E-state index in [1.807, 2.05) is 42.5 Å². The van der Waals surface area contributed by atoms with E-state index in [4.69, 9.17) is 4.74 Å². The molecule has 1 N–H and O–H groups in total. The Bertz CT molecular complexity index is 920. The van der Waals surface area contributed by atoms with Gasteiger partial charge in [0.05, 0.1) is 13.0 Å². The summed E-state index contributed by atoms with van der Waals surface area (Å²) in [5.74, 6) is 0.712. The maximum atomic E-state index is 12.1. The van der Waals surface area contributed by atoms with Crippen LogP contribution in [0, 0.1) is 0 Å². The molecule has 3 heterocycles. The third kappa shape index (κ3) is 4.42. The lowest BCUT2D eigenvalue weighted by Crippen LogP contribution is -2.29. The smallest absolute Gasteiger partial charge is 0.296 e. The quantitative estimate of drug-likeness (QED) is 0.684. The predicted molar refractivity (Wildman–Crippen MR) is 107 cm³/mol. The molecule has 1 fully saturated rings. The van der Waals surface area contributed by atoms with Gasteiger partial charge in [-0.2, -0.15) is 5.10 Å². The van der Waals surface area contributed by atoms with Crippen LogP contribution in [0.15, 0.2) is 48.7 Å². The molecule has 1 aliphatic heterocycles. The molecular formula is C19H20N6O2S. The molecule has 1 aliphatic rings. The zero-order valence-corrected chi connectivity index (χ0v) is 16.2. The standard InChI is InChI=1S/C19H20N6O2S/c1-13-10-15(12-25(13)16-8-5-9-20-22-16)27-19-24-23-18(28-19)21-17(26)11-14-6-3-2-4-7-14/h2-9,13,15H,10-12H2,1H3,(H,21,23,26)/t13-,15-/m1/s1. The van der Waals surface area contributed by atoms with Gasteiger partial charge < -0.3 is 15.0 Å². The van der Waals surface area contributed by atoms with Crippen LogP contribution >= 0.6 is 11.3 Å². The van der Waals surface area contributed by atoms with Crippen molar-refractivity contribution in [2.75, 3.05) is 16.8 Å². The maximum absolute atomic E-state index is 12.1. The van der Waals surface area contributed by atoms with E-state index in [1.54, 1.807) is 6.20 Å². The van der Waals surface area contributed by atoms with E-state index in [2.05, 4.69) is 37.5 Å². The number of carbonyl (C=O) groups is 1. The molecule has 3 aromatic rings. The largest absolute Gasteiger partial charge is 0.464 e. The number of nitrogens with one attached hydrogen (secondary N) is 1. The summed E-state index contributed by atoms with van der Waals surface area (Å²) in [6.45, 7) is 2.84. The summed E-state index contributed by atoms with van der Waals surface area (Å²) in [6, 6.07) is 13.7. The van der Waals surface area contributed by atoms with Gasteiger partial charge in [-0.05, 0) is 36.0 Å². The second-order valence-electron chi connectivity index (χ2n) is 6.64. The van der Waals surface area contributed by atoms with E-state index >= 15 is 0 Å². The summed E-state index contributed by atoms with van der Waals surface area (Å²) in [5, 5.41) is 19.8. The SMILES string of the molecule is C[C@@H]1C[C@@H](Oc2nnc(NC(=O)Cc3ccccc3)s2)CN1c1cccnn1. The number of ether oxygens (including phenoxy) is 1. The Hall–Kier alpha value is -3.07. The molecule has 0 aliphatic carbocycles. The average Bonchev–Trinajstić information content (AvgIpc) is 3.29. The Kier molecular flexibility index (Phi) is 5.43. The van der Waals surface area contributed by atoms with Crippen molar-refractivity contribution in [1.29, 1.82) is 0 Å². The minimum atomic E-state index is -0.128. The number of hydrogen-bond acceptors (Lipinski definition) is 8. The molecule has 2 atom stereocenters. The normalized spacial score (nSPS) is 18.8. The van der Waals surface area contributed by atoms with Gasteiger partial charge in [0, 0.05) is 18.7 Å². The average molecular weight is 396 g/mol. The zero-order valence-electron chi connectivity index (χ0n) is 15.4. The Balaban J connectivity index is 1.32. The molecule has 8 nitrogen and oxygen atoms in total. The third-order valence-electron chi connectivity index (χ3n) is 4.52. The van der Waals surface area contributed by atoms with Crippen LogP contribution < -0.4 is 15.0 Å². The van der Waals surface area contributed by atoms with Gasteiger partial charge in [-0.15, -0.1) is 10.2 Å². The molecule has 0 saturated carbocycles. The molecular weight excluding hydrogens is 376 g/mol. The van der Waals surface area contributed by atoms with Crippen LogP contribution in [-0.2, 0) is 11.2 Å². The highest BCUT2D eigenvalue weighted by Crippen LogP contribution is 2.29. The van der Waals surface area contributed by atoms with Crippen LogP contribution in [0.1, 0.15) is 18.9 Å². The first-order valence-corrected chi connectivity index (χ1v) is 9.87. The molecule has 0 unspecified atom stereocenters. The molecule has 1 saturated heterocycles. The molecule has 144 valence electrons. The van der Waals surface area contributed by atoms with Gasteiger partial charge in [0.1, 0.15) is 6.10 Å². The molecule has 2 aromatic heterocycles. The first-order chi connectivity index (χ1) is 13.7. The van der Waals surface area contributed by atoms with Crippen molar-refractivity contribution >= 4 is 28.2 Å². The van der Waals surface area contributed by atoms with Gasteiger partial charge in [-0.25, -0.2) is 0 Å². The Labute approximate surface area is 166 Å². The number of carbonyl (C=O) groups excluding carboxylic acids is 1. The summed E-state index contributed by atoms with van der Waals surface area (Å²) < 4.78 is 5.98. The molecule has 0 spiro atoms. The minimum Gasteiger partial charge on any atom is -0.464 e. The van der Waals surface area contributed by atoms with Crippen LogP contribution in [0.2, 0.25) is 0 Å². The topological polar surface area (TPSA) is 93.1 Å². The van der Waals surface area contributed by atoms with Crippen molar-refractivity contribution in [2.24, 2.45) is 0 Å². The van der Waals surface area contributed by atoms with Crippen LogP contribution in [0.5, 0.6) is 5.19 Å². The van der Waals surface area contributed by atoms with Crippen molar-refractivity contribution in [3.63, 3.8) is 0 Å². The molecule has 1 aromatic carbocycles. The molecule has 9 heteroatoms. The lowest BCUT2D eigenvalue weighted by Gasteiger charge is -2.21. The van der Waals surface area contributed by atoms with E-state index in [1.165, 1.54) is 11.3 Å². The number of aromatic nitrogens is 4. The van der Waals surface area contributed by atoms with Gasteiger partial charge in [0.25, 0.3) is 5.19 Å². The highest BCUT2D eigenvalue weighted by molar-refractivity contribution is 7.17. The second-order valence-corrected chi connectivity index (χ2v) is 7.58. The second kappa shape index (κ2) is 8.30. The van der Waals surface area contributed by atoms with Gasteiger partial charge in [-0.1, -0.05) is 35.4 Å². The van der Waals surface area contributed by atoms with E-state index in [0.717, 1.165) is 17.8 Å². The number of hydrogen-bond donors (Lipinski definition) is 1. The summed E-state index contributed by atoms with van der Waals surface area (Å²) in [6.07, 6.45) is 2.79. The molecule has 4 rings (SSSR count). The number of amides is 1. The Morgan fingerprint density at radius 2 is 2.07 bits per heavy atom. The predicted octanol–water partition coefficient (Wildman–Crippen LogP) is 2.56. The fraction of sp³-hybridized carbons (Fsp3) is 0.316. The third-order valence-corrected chi connectivity index (χ3v) is 5.25. The van der Waals surface area contributed by atoms with Crippen LogP contribution in [0.4, 0.5) is 10.9 Å². The first kappa shape index (κ1) is 18.3. The van der Waals surface area contributed by atoms with E-state index in [0.29, 0.717) is 29.3 Å². The van der Waals surface area contributed by atoms with Crippen molar-refractivity contribution in [3.05, 3.63) is 54.2 Å². The zero-order chi connectivity index (χ0) is 19.3. The lowest BCUT2D eigenvalue weighted by molar-refractivity contribution is -0.115. The Morgan fingerprint density at radius 3 is 2.86 bits per heavy atom. The molecule has 28 heavy (non-hydrogen) atoms. The van der Waals surface area contributed by atoms with Gasteiger partial charge in [0.2, 0.25) is 11.0 Å². The van der Waals surface area contributed by atoms with Gasteiger partial charge in [0.15, 0.2) is 5.82 Å². The number of rotatable bonds is 6. The fourth-order valence-corrected chi connectivity index (χ4v) is 3.91. The van der Waals surface area contributed by atoms with Crippen LogP contribution in [0.3, 0.4) is 0 Å². The summed E-state index contributed by atoms with van der Waals surface area (Å²) in [7, 11) is 0. The maximum Gasteiger partial charge on any atom is 0.296 e. The first-order valence-electron chi connectivity index (χ1n) is 9.05. The Morgan fingerprint density at radius 1 is 1.21 bits per heavy atom. The molecule has 0 bridgehead atoms. The van der Waals surface area contributed by atoms with Crippen molar-refractivity contribution < 1.29 is 9.53 Å². The highest BCUT2D eigenvalue weighted by atomic mass is 32.1. The summed E-state index contributed by atoms with van der Waals surface area (Å²) >= 11 is 1.23. The number of benzene rings is 1. The minimum absolute atomic E-state index is 0.0159. The number of nitrogens with zero attached hydrogens (tertiary/aromatic N) is 5. The number of anilines is 2. The van der Waals surface area contributed by atoms with Crippen molar-refractivity contribution in [3.8, 4) is 5.19 Å². The summed E-state index contributed by atoms with van der Waals surface area (Å²) in [5.41, 5.74) is 0.949. The lowest BCUT2D eigenvalue weighted by atomic mass is 10.1. The van der Waals surface area contributed by atoms with Crippen molar-refractivity contribution in [1.82, 2.24) is 20.4 Å². The van der Waals surface area contributed by atoms with Crippen molar-refractivity contribution in [2.45, 2.75) is 31.9 Å². The van der Waals surface area contributed by atoms with Gasteiger partial charge in [-0.3, -0.25) is 4.79 Å². The highest BCUT2D eigenvalue weighted by Gasteiger charge is 2.32. The van der Waals surface area contributed by atoms with Crippen LogP contribution in [-0.4, -0.2) is 45.0 Å². The fourth-order valence-electron chi connectivity index (χ4n) is 3.23. The molecule has 0 radical (unpaired) electrons. The van der Waals surface area contributed by atoms with E-state index < -0.39 is 0 Å². The van der Waals surface area contributed by atoms with E-state index in [9.17, 15) is 4.79 Å². The van der Waals surface area contributed by atoms with E-state index in [-0.39, 0.29) is 12.0 Å².